The van der Waals surface area contributed by atoms with Crippen molar-refractivity contribution in [1.82, 2.24) is 10.6 Å². The summed E-state index contributed by atoms with van der Waals surface area (Å²) >= 11 is 0. The molecule has 1 aliphatic carbocycles. The summed E-state index contributed by atoms with van der Waals surface area (Å²) in [7, 11) is 0. The molecule has 1 saturated carbocycles. The number of hydrogen-bond acceptors (Lipinski definition) is 3. The Morgan fingerprint density at radius 1 is 1.32 bits per heavy atom. The quantitative estimate of drug-likeness (QED) is 0.827. The standard InChI is InChI=1S/C15H28N2O2/c1-14(2,3)19-13(18)17-11-15(8-6-9-15)12-7-4-5-10-16-12/h12,16H,4-11H2,1-3H3,(H,17,18). The molecule has 1 amide bonds. The summed E-state index contributed by atoms with van der Waals surface area (Å²) in [5.41, 5.74) is -0.142. The first-order valence-electron chi connectivity index (χ1n) is 7.62. The Balaban J connectivity index is 1.83. The van der Waals surface area contributed by atoms with E-state index >= 15 is 0 Å². The van der Waals surface area contributed by atoms with Crippen LogP contribution < -0.4 is 10.6 Å². The molecule has 1 atom stereocenters. The van der Waals surface area contributed by atoms with Crippen LogP contribution in [0.4, 0.5) is 4.79 Å². The van der Waals surface area contributed by atoms with E-state index in [0.29, 0.717) is 6.04 Å². The van der Waals surface area contributed by atoms with E-state index in [0.717, 1.165) is 13.1 Å². The Morgan fingerprint density at radius 2 is 2.05 bits per heavy atom. The monoisotopic (exact) mass is 268 g/mol. The highest BCUT2D eigenvalue weighted by molar-refractivity contribution is 5.67. The summed E-state index contributed by atoms with van der Waals surface area (Å²) < 4.78 is 5.32. The molecule has 19 heavy (non-hydrogen) atoms. The maximum absolute atomic E-state index is 11.8. The van der Waals surface area contributed by atoms with E-state index in [1.807, 2.05) is 20.8 Å². The minimum Gasteiger partial charge on any atom is -0.444 e. The molecule has 2 N–H and O–H groups in total. The Hall–Kier alpha value is -0.770. The Bertz CT molecular complexity index is 313. The van der Waals surface area contributed by atoms with Crippen molar-refractivity contribution in [3.8, 4) is 0 Å². The first kappa shape index (κ1) is 14.6. The van der Waals surface area contributed by atoms with Gasteiger partial charge in [-0.15, -0.1) is 0 Å². The van der Waals surface area contributed by atoms with Gasteiger partial charge in [-0.05, 0) is 53.0 Å². The molecule has 4 nitrogen and oxygen atoms in total. The van der Waals surface area contributed by atoms with Crippen LogP contribution in [0.3, 0.4) is 0 Å². The highest BCUT2D eigenvalue weighted by atomic mass is 16.6. The predicted molar refractivity (Wildman–Crippen MR) is 76.2 cm³/mol. The largest absolute Gasteiger partial charge is 0.444 e. The summed E-state index contributed by atoms with van der Waals surface area (Å²) in [4.78, 5) is 11.8. The molecule has 0 aromatic carbocycles. The predicted octanol–water partition coefficient (Wildman–Crippen LogP) is 2.82. The van der Waals surface area contributed by atoms with Crippen molar-refractivity contribution in [3.05, 3.63) is 0 Å². The van der Waals surface area contributed by atoms with E-state index in [1.165, 1.54) is 38.5 Å². The average Bonchev–Trinajstić information content (AvgIpc) is 2.26. The van der Waals surface area contributed by atoms with Gasteiger partial charge in [0.05, 0.1) is 0 Å². The maximum Gasteiger partial charge on any atom is 0.407 e. The van der Waals surface area contributed by atoms with Crippen LogP contribution in [0.25, 0.3) is 0 Å². The second kappa shape index (κ2) is 5.70. The van der Waals surface area contributed by atoms with Crippen LogP contribution in [0.1, 0.15) is 59.3 Å². The van der Waals surface area contributed by atoms with Gasteiger partial charge in [0, 0.05) is 18.0 Å². The molecule has 1 aliphatic heterocycles. The van der Waals surface area contributed by atoms with E-state index in [-0.39, 0.29) is 11.5 Å². The van der Waals surface area contributed by atoms with E-state index in [4.69, 9.17) is 4.74 Å². The Morgan fingerprint density at radius 3 is 2.53 bits per heavy atom. The first-order chi connectivity index (χ1) is 8.91. The van der Waals surface area contributed by atoms with Gasteiger partial charge in [0.2, 0.25) is 0 Å². The topological polar surface area (TPSA) is 50.4 Å². The van der Waals surface area contributed by atoms with Gasteiger partial charge in [-0.25, -0.2) is 4.79 Å². The van der Waals surface area contributed by atoms with E-state index in [1.54, 1.807) is 0 Å². The summed E-state index contributed by atoms with van der Waals surface area (Å²) in [5.74, 6) is 0. The molecule has 0 radical (unpaired) electrons. The molecule has 1 heterocycles. The Kier molecular flexibility index (Phi) is 4.39. The van der Waals surface area contributed by atoms with Gasteiger partial charge in [-0.1, -0.05) is 12.8 Å². The molecule has 4 heteroatoms. The van der Waals surface area contributed by atoms with Crippen molar-refractivity contribution in [1.29, 1.82) is 0 Å². The molecule has 0 aromatic rings. The zero-order valence-electron chi connectivity index (χ0n) is 12.6. The van der Waals surface area contributed by atoms with Crippen molar-refractivity contribution in [2.24, 2.45) is 5.41 Å². The zero-order chi connectivity index (χ0) is 13.9. The summed E-state index contributed by atoms with van der Waals surface area (Å²) in [5, 5.41) is 6.62. The lowest BCUT2D eigenvalue weighted by Crippen LogP contribution is -2.56. The lowest BCUT2D eigenvalue weighted by Gasteiger charge is -2.49. The first-order valence-corrected chi connectivity index (χ1v) is 7.62. The number of rotatable bonds is 3. The van der Waals surface area contributed by atoms with Crippen molar-refractivity contribution in [2.75, 3.05) is 13.1 Å². The van der Waals surface area contributed by atoms with Gasteiger partial charge < -0.3 is 15.4 Å². The fraction of sp³-hybridized carbons (Fsp3) is 0.933. The number of nitrogens with one attached hydrogen (secondary N) is 2. The third kappa shape index (κ3) is 3.85. The number of carbonyl (C=O) groups is 1. The van der Waals surface area contributed by atoms with Gasteiger partial charge in [0.25, 0.3) is 0 Å². The van der Waals surface area contributed by atoms with Crippen molar-refractivity contribution in [3.63, 3.8) is 0 Å². The number of carbonyl (C=O) groups excluding carboxylic acids is 1. The third-order valence-electron chi connectivity index (χ3n) is 4.38. The molecular weight excluding hydrogens is 240 g/mol. The molecule has 0 bridgehead atoms. The minimum atomic E-state index is -0.417. The lowest BCUT2D eigenvalue weighted by molar-refractivity contribution is 0.0327. The highest BCUT2D eigenvalue weighted by Gasteiger charge is 2.44. The number of amides is 1. The number of alkyl carbamates (subject to hydrolysis) is 1. The van der Waals surface area contributed by atoms with E-state index < -0.39 is 5.60 Å². The van der Waals surface area contributed by atoms with E-state index in [2.05, 4.69) is 10.6 Å². The summed E-state index contributed by atoms with van der Waals surface area (Å²) in [6, 6.07) is 0.574. The maximum atomic E-state index is 11.8. The van der Waals surface area contributed by atoms with Crippen molar-refractivity contribution in [2.45, 2.75) is 70.9 Å². The summed E-state index contributed by atoms with van der Waals surface area (Å²) in [6.45, 7) is 7.57. The average molecular weight is 268 g/mol. The SMILES string of the molecule is CC(C)(C)OC(=O)NCC1(C2CCCCN2)CCC1. The van der Waals surface area contributed by atoms with Crippen molar-refractivity contribution < 1.29 is 9.53 Å². The minimum absolute atomic E-state index is 0.275. The second-order valence-electron chi connectivity index (χ2n) is 7.07. The lowest BCUT2D eigenvalue weighted by atomic mass is 9.62. The van der Waals surface area contributed by atoms with Gasteiger partial charge in [0.1, 0.15) is 5.60 Å². The van der Waals surface area contributed by atoms with Gasteiger partial charge in [-0.2, -0.15) is 0 Å². The molecule has 1 unspecified atom stereocenters. The van der Waals surface area contributed by atoms with Crippen molar-refractivity contribution >= 4 is 6.09 Å². The molecule has 2 rings (SSSR count). The fourth-order valence-electron chi connectivity index (χ4n) is 3.22. The molecular formula is C15H28N2O2. The molecule has 2 fully saturated rings. The third-order valence-corrected chi connectivity index (χ3v) is 4.38. The van der Waals surface area contributed by atoms with Crippen LogP contribution in [0.15, 0.2) is 0 Å². The summed E-state index contributed by atoms with van der Waals surface area (Å²) in [6.07, 6.45) is 7.29. The van der Waals surface area contributed by atoms with Crippen LogP contribution in [0.2, 0.25) is 0 Å². The van der Waals surface area contributed by atoms with Crippen LogP contribution >= 0.6 is 0 Å². The van der Waals surface area contributed by atoms with Crippen LogP contribution in [-0.4, -0.2) is 30.8 Å². The second-order valence-corrected chi connectivity index (χ2v) is 7.07. The van der Waals surface area contributed by atoms with Crippen LogP contribution in [-0.2, 0) is 4.74 Å². The zero-order valence-corrected chi connectivity index (χ0v) is 12.6. The van der Waals surface area contributed by atoms with Gasteiger partial charge in [0.15, 0.2) is 0 Å². The van der Waals surface area contributed by atoms with Gasteiger partial charge >= 0.3 is 6.09 Å². The van der Waals surface area contributed by atoms with Crippen LogP contribution in [0, 0.1) is 5.41 Å². The molecule has 0 spiro atoms. The molecule has 2 aliphatic rings. The van der Waals surface area contributed by atoms with E-state index in [9.17, 15) is 4.79 Å². The normalized spacial score (nSPS) is 26.4. The molecule has 1 saturated heterocycles. The number of piperidine rings is 1. The number of hydrogen-bond donors (Lipinski definition) is 2. The fourth-order valence-corrected chi connectivity index (χ4v) is 3.22. The highest BCUT2D eigenvalue weighted by Crippen LogP contribution is 2.45. The smallest absolute Gasteiger partial charge is 0.407 e. The molecule has 110 valence electrons. The van der Waals surface area contributed by atoms with Crippen LogP contribution in [0.5, 0.6) is 0 Å². The van der Waals surface area contributed by atoms with Gasteiger partial charge in [-0.3, -0.25) is 0 Å². The number of ether oxygens (including phenoxy) is 1. The Labute approximate surface area is 116 Å². The molecule has 0 aromatic heterocycles.